The molecule has 1 aromatic heterocycles. The van der Waals surface area contributed by atoms with Gasteiger partial charge in [0.05, 0.1) is 13.2 Å². The van der Waals surface area contributed by atoms with Crippen molar-refractivity contribution in [1.29, 1.82) is 0 Å². The third-order valence-electron chi connectivity index (χ3n) is 3.59. The van der Waals surface area contributed by atoms with Gasteiger partial charge in [-0.1, -0.05) is 24.3 Å². The van der Waals surface area contributed by atoms with Crippen LogP contribution in [0.1, 0.15) is 11.1 Å². The van der Waals surface area contributed by atoms with Crippen molar-refractivity contribution in [3.63, 3.8) is 0 Å². The van der Waals surface area contributed by atoms with E-state index in [4.69, 9.17) is 4.74 Å². The first-order valence-corrected chi connectivity index (χ1v) is 7.32. The molecule has 1 aromatic carbocycles. The molecule has 1 atom stereocenters. The van der Waals surface area contributed by atoms with E-state index in [9.17, 15) is 4.79 Å². The van der Waals surface area contributed by atoms with Gasteiger partial charge in [-0.3, -0.25) is 4.79 Å². The van der Waals surface area contributed by atoms with Gasteiger partial charge in [0.15, 0.2) is 0 Å². The number of amides is 1. The number of carbonyl (C=O) groups is 1. The van der Waals surface area contributed by atoms with Gasteiger partial charge in [-0.25, -0.2) is 9.67 Å². The highest BCUT2D eigenvalue weighted by atomic mass is 16.5. The lowest BCUT2D eigenvalue weighted by Crippen LogP contribution is -2.47. The largest absolute Gasteiger partial charge is 0.366 e. The van der Waals surface area contributed by atoms with Crippen LogP contribution in [0.4, 0.5) is 0 Å². The molecule has 1 saturated heterocycles. The van der Waals surface area contributed by atoms with Crippen molar-refractivity contribution in [1.82, 2.24) is 25.4 Å². The Bertz CT molecular complexity index is 608. The van der Waals surface area contributed by atoms with Crippen molar-refractivity contribution in [3.8, 4) is 0 Å². The fraction of sp³-hybridized carbons (Fsp3) is 0.400. The molecular weight excluding hydrogens is 282 g/mol. The van der Waals surface area contributed by atoms with Gasteiger partial charge in [-0.15, -0.1) is 0 Å². The number of rotatable bonds is 5. The van der Waals surface area contributed by atoms with Crippen molar-refractivity contribution < 1.29 is 9.53 Å². The predicted octanol–water partition coefficient (Wildman–Crippen LogP) is -0.0690. The number of hydrogen-bond acceptors (Lipinski definition) is 5. The van der Waals surface area contributed by atoms with Gasteiger partial charge < -0.3 is 15.4 Å². The van der Waals surface area contributed by atoms with Crippen LogP contribution in [0.3, 0.4) is 0 Å². The summed E-state index contributed by atoms with van der Waals surface area (Å²) in [5.41, 5.74) is 2.17. The minimum Gasteiger partial charge on any atom is -0.366 e. The number of hydrogen-bond donors (Lipinski definition) is 2. The smallest absolute Gasteiger partial charge is 0.250 e. The molecule has 1 aliphatic rings. The Morgan fingerprint density at radius 1 is 1.41 bits per heavy atom. The Labute approximate surface area is 128 Å². The molecule has 1 fully saturated rings. The maximum absolute atomic E-state index is 12.1. The lowest BCUT2D eigenvalue weighted by Gasteiger charge is -2.23. The quantitative estimate of drug-likeness (QED) is 0.808. The van der Waals surface area contributed by atoms with Gasteiger partial charge in [-0.2, -0.15) is 5.10 Å². The van der Waals surface area contributed by atoms with E-state index in [0.29, 0.717) is 26.2 Å². The maximum atomic E-state index is 12.1. The van der Waals surface area contributed by atoms with Crippen LogP contribution in [0, 0.1) is 0 Å². The molecule has 0 aliphatic carbocycles. The van der Waals surface area contributed by atoms with Gasteiger partial charge in [0, 0.05) is 19.6 Å². The number of ether oxygens (including phenoxy) is 1. The Morgan fingerprint density at radius 2 is 2.27 bits per heavy atom. The van der Waals surface area contributed by atoms with E-state index in [2.05, 4.69) is 20.7 Å². The molecule has 2 N–H and O–H groups in total. The molecule has 7 heteroatoms. The van der Waals surface area contributed by atoms with E-state index >= 15 is 0 Å². The van der Waals surface area contributed by atoms with Crippen molar-refractivity contribution in [2.45, 2.75) is 19.2 Å². The van der Waals surface area contributed by atoms with E-state index in [0.717, 1.165) is 17.7 Å². The van der Waals surface area contributed by atoms with Gasteiger partial charge in [0.2, 0.25) is 0 Å². The molecule has 116 valence electrons. The second-order valence-electron chi connectivity index (χ2n) is 5.14. The highest BCUT2D eigenvalue weighted by molar-refractivity contribution is 5.81. The second-order valence-corrected chi connectivity index (χ2v) is 5.14. The van der Waals surface area contributed by atoms with Crippen LogP contribution in [0.5, 0.6) is 0 Å². The molecule has 0 radical (unpaired) electrons. The van der Waals surface area contributed by atoms with E-state index in [-0.39, 0.29) is 5.91 Å². The number of nitrogens with zero attached hydrogens (tertiary/aromatic N) is 3. The summed E-state index contributed by atoms with van der Waals surface area (Å²) in [5.74, 6) is -0.0808. The fourth-order valence-electron chi connectivity index (χ4n) is 2.40. The summed E-state index contributed by atoms with van der Waals surface area (Å²) in [5, 5.41) is 10.2. The summed E-state index contributed by atoms with van der Waals surface area (Å²) < 4.78 is 7.21. The minimum atomic E-state index is -0.406. The summed E-state index contributed by atoms with van der Waals surface area (Å²) in [4.78, 5) is 16.0. The molecule has 0 saturated carbocycles. The van der Waals surface area contributed by atoms with Gasteiger partial charge in [0.1, 0.15) is 18.8 Å². The normalized spacial score (nSPS) is 18.1. The first kappa shape index (κ1) is 14.7. The molecular formula is C15H19N5O2. The molecule has 7 nitrogen and oxygen atoms in total. The zero-order valence-electron chi connectivity index (χ0n) is 12.2. The molecule has 0 spiro atoms. The third kappa shape index (κ3) is 3.69. The predicted molar refractivity (Wildman–Crippen MR) is 80.0 cm³/mol. The standard InChI is InChI=1S/C15H19N5O2/c21-15(14-8-16-5-6-22-14)18-7-12-3-1-2-4-13(12)9-20-11-17-10-19-20/h1-4,10-11,14,16H,5-9H2,(H,18,21). The second kappa shape index (κ2) is 7.15. The number of nitrogens with one attached hydrogen (secondary N) is 2. The van der Waals surface area contributed by atoms with Gasteiger partial charge >= 0.3 is 0 Å². The van der Waals surface area contributed by atoms with E-state index in [1.165, 1.54) is 6.33 Å². The highest BCUT2D eigenvalue weighted by Gasteiger charge is 2.21. The van der Waals surface area contributed by atoms with Crippen LogP contribution in [0.15, 0.2) is 36.9 Å². The van der Waals surface area contributed by atoms with E-state index in [1.807, 2.05) is 24.3 Å². The van der Waals surface area contributed by atoms with Crippen LogP contribution in [0.25, 0.3) is 0 Å². The van der Waals surface area contributed by atoms with Crippen molar-refractivity contribution in [2.24, 2.45) is 0 Å². The average molecular weight is 301 g/mol. The first-order chi connectivity index (χ1) is 10.8. The summed E-state index contributed by atoms with van der Waals surface area (Å²) >= 11 is 0. The molecule has 0 bridgehead atoms. The molecule has 1 unspecified atom stereocenters. The number of benzene rings is 1. The molecule has 1 amide bonds. The third-order valence-corrected chi connectivity index (χ3v) is 3.59. The van der Waals surface area contributed by atoms with Gasteiger partial charge in [-0.05, 0) is 11.1 Å². The number of aromatic nitrogens is 3. The van der Waals surface area contributed by atoms with Crippen LogP contribution < -0.4 is 10.6 Å². The Balaban J connectivity index is 1.61. The minimum absolute atomic E-state index is 0.0808. The molecule has 2 heterocycles. The van der Waals surface area contributed by atoms with Crippen LogP contribution in [-0.4, -0.2) is 46.5 Å². The fourth-order valence-corrected chi connectivity index (χ4v) is 2.40. The first-order valence-electron chi connectivity index (χ1n) is 7.32. The van der Waals surface area contributed by atoms with Crippen LogP contribution >= 0.6 is 0 Å². The van der Waals surface area contributed by atoms with Crippen molar-refractivity contribution in [2.75, 3.05) is 19.7 Å². The number of carbonyl (C=O) groups excluding carboxylic acids is 1. The Kier molecular flexibility index (Phi) is 4.77. The van der Waals surface area contributed by atoms with Crippen molar-refractivity contribution in [3.05, 3.63) is 48.0 Å². The van der Waals surface area contributed by atoms with Crippen LogP contribution in [-0.2, 0) is 22.6 Å². The Hall–Kier alpha value is -2.25. The summed E-state index contributed by atoms with van der Waals surface area (Å²) in [6, 6.07) is 7.98. The molecule has 1 aliphatic heterocycles. The summed E-state index contributed by atoms with van der Waals surface area (Å²) in [6.07, 6.45) is 2.78. The lowest BCUT2D eigenvalue weighted by molar-refractivity contribution is -0.134. The zero-order chi connectivity index (χ0) is 15.2. The summed E-state index contributed by atoms with van der Waals surface area (Å²) in [6.45, 7) is 3.04. The van der Waals surface area contributed by atoms with Gasteiger partial charge in [0.25, 0.3) is 5.91 Å². The number of morpholine rings is 1. The molecule has 2 aromatic rings. The summed E-state index contributed by atoms with van der Waals surface area (Å²) in [7, 11) is 0. The molecule has 22 heavy (non-hydrogen) atoms. The highest BCUT2D eigenvalue weighted by Crippen LogP contribution is 2.10. The maximum Gasteiger partial charge on any atom is 0.250 e. The van der Waals surface area contributed by atoms with E-state index < -0.39 is 6.10 Å². The monoisotopic (exact) mass is 301 g/mol. The average Bonchev–Trinajstić information content (AvgIpc) is 3.07. The zero-order valence-corrected chi connectivity index (χ0v) is 12.2. The van der Waals surface area contributed by atoms with Crippen LogP contribution in [0.2, 0.25) is 0 Å². The lowest BCUT2D eigenvalue weighted by atomic mass is 10.1. The SMILES string of the molecule is O=C(NCc1ccccc1Cn1cncn1)C1CNCCO1. The topological polar surface area (TPSA) is 81.1 Å². The molecule has 3 rings (SSSR count). The Morgan fingerprint density at radius 3 is 3.00 bits per heavy atom. The van der Waals surface area contributed by atoms with E-state index in [1.54, 1.807) is 11.0 Å². The van der Waals surface area contributed by atoms with Crippen molar-refractivity contribution >= 4 is 5.91 Å².